The molecule has 0 radical (unpaired) electrons. The molecule has 1 heterocycles. The van der Waals surface area contributed by atoms with Gasteiger partial charge in [-0.2, -0.15) is 0 Å². The van der Waals surface area contributed by atoms with E-state index in [1.165, 1.54) is 0 Å². The summed E-state index contributed by atoms with van der Waals surface area (Å²) in [5, 5.41) is 6.59. The molecule has 0 aromatic carbocycles. The minimum absolute atomic E-state index is 0. The van der Waals surface area contributed by atoms with Gasteiger partial charge in [-0.15, -0.1) is 24.0 Å². The number of furan rings is 1. The Labute approximate surface area is 163 Å². The molecule has 0 spiro atoms. The maximum Gasteiger partial charge on any atom is 0.191 e. The second-order valence-corrected chi connectivity index (χ2v) is 6.17. The number of guanidine groups is 1. The van der Waals surface area contributed by atoms with E-state index in [1.54, 1.807) is 13.3 Å². The third-order valence-corrected chi connectivity index (χ3v) is 3.56. The SMILES string of the molecule is CN=C(NCCOCCC(C)C)NCC(c1ccco1)N(C)C.I. The Balaban J connectivity index is 0.00000529. The first-order chi connectivity index (χ1) is 11.0. The average molecular weight is 452 g/mol. The Hall–Kier alpha value is -0.800. The fourth-order valence-corrected chi connectivity index (χ4v) is 2.10. The largest absolute Gasteiger partial charge is 0.468 e. The summed E-state index contributed by atoms with van der Waals surface area (Å²) in [5.41, 5.74) is 0. The summed E-state index contributed by atoms with van der Waals surface area (Å²) < 4.78 is 11.1. The summed E-state index contributed by atoms with van der Waals surface area (Å²) in [6, 6.07) is 4.06. The first-order valence-electron chi connectivity index (χ1n) is 8.26. The van der Waals surface area contributed by atoms with Crippen LogP contribution in [0.25, 0.3) is 0 Å². The zero-order valence-electron chi connectivity index (χ0n) is 15.5. The van der Waals surface area contributed by atoms with Crippen molar-refractivity contribution in [3.63, 3.8) is 0 Å². The molecule has 7 heteroatoms. The fourth-order valence-electron chi connectivity index (χ4n) is 2.10. The minimum Gasteiger partial charge on any atom is -0.468 e. The molecular weight excluding hydrogens is 419 g/mol. The highest BCUT2D eigenvalue weighted by molar-refractivity contribution is 14.0. The third kappa shape index (κ3) is 9.48. The Morgan fingerprint density at radius 2 is 2.04 bits per heavy atom. The molecular formula is C17H33IN4O2. The normalized spacial score (nSPS) is 13.0. The van der Waals surface area contributed by atoms with Crippen LogP contribution in [0.3, 0.4) is 0 Å². The summed E-state index contributed by atoms with van der Waals surface area (Å²) in [7, 11) is 5.84. The number of rotatable bonds is 10. The fraction of sp³-hybridized carbons (Fsp3) is 0.706. The molecule has 1 unspecified atom stereocenters. The third-order valence-electron chi connectivity index (χ3n) is 3.56. The second-order valence-electron chi connectivity index (χ2n) is 6.17. The molecule has 0 aliphatic heterocycles. The molecule has 0 amide bonds. The maximum absolute atomic E-state index is 5.59. The van der Waals surface area contributed by atoms with Crippen molar-refractivity contribution in [2.75, 3.05) is 47.4 Å². The summed E-state index contributed by atoms with van der Waals surface area (Å²) in [4.78, 5) is 6.36. The molecule has 1 aromatic heterocycles. The van der Waals surface area contributed by atoms with Crippen LogP contribution in [-0.4, -0.2) is 58.3 Å². The quantitative estimate of drug-likeness (QED) is 0.248. The summed E-state index contributed by atoms with van der Waals surface area (Å²) in [5.74, 6) is 2.40. The van der Waals surface area contributed by atoms with Crippen LogP contribution in [0.5, 0.6) is 0 Å². The van der Waals surface area contributed by atoms with Crippen LogP contribution >= 0.6 is 24.0 Å². The summed E-state index contributed by atoms with van der Waals surface area (Å²) >= 11 is 0. The minimum atomic E-state index is 0. The molecule has 0 saturated carbocycles. The lowest BCUT2D eigenvalue weighted by Gasteiger charge is -2.23. The van der Waals surface area contributed by atoms with Crippen LogP contribution in [0.4, 0.5) is 0 Å². The molecule has 2 N–H and O–H groups in total. The average Bonchev–Trinajstić information content (AvgIpc) is 3.02. The monoisotopic (exact) mass is 452 g/mol. The van der Waals surface area contributed by atoms with Gasteiger partial charge < -0.3 is 19.8 Å². The molecule has 0 bridgehead atoms. The van der Waals surface area contributed by atoms with Crippen molar-refractivity contribution in [3.05, 3.63) is 24.2 Å². The van der Waals surface area contributed by atoms with Gasteiger partial charge in [0.05, 0.1) is 18.9 Å². The van der Waals surface area contributed by atoms with Gasteiger partial charge in [-0.3, -0.25) is 9.89 Å². The van der Waals surface area contributed by atoms with Gasteiger partial charge in [0.2, 0.25) is 0 Å². The molecule has 0 aliphatic rings. The Morgan fingerprint density at radius 3 is 2.58 bits per heavy atom. The predicted octanol–water partition coefficient (Wildman–Crippen LogP) is 2.73. The van der Waals surface area contributed by atoms with Gasteiger partial charge >= 0.3 is 0 Å². The molecule has 140 valence electrons. The van der Waals surface area contributed by atoms with E-state index in [4.69, 9.17) is 9.15 Å². The highest BCUT2D eigenvalue weighted by atomic mass is 127. The van der Waals surface area contributed by atoms with E-state index in [0.29, 0.717) is 19.1 Å². The van der Waals surface area contributed by atoms with Gasteiger partial charge in [0, 0.05) is 26.7 Å². The maximum atomic E-state index is 5.59. The van der Waals surface area contributed by atoms with Crippen molar-refractivity contribution >= 4 is 29.9 Å². The van der Waals surface area contributed by atoms with Gasteiger partial charge in [0.25, 0.3) is 0 Å². The van der Waals surface area contributed by atoms with Gasteiger partial charge in [-0.25, -0.2) is 0 Å². The van der Waals surface area contributed by atoms with Crippen LogP contribution in [0.2, 0.25) is 0 Å². The molecule has 1 aromatic rings. The van der Waals surface area contributed by atoms with Crippen molar-refractivity contribution in [2.45, 2.75) is 26.3 Å². The lowest BCUT2D eigenvalue weighted by molar-refractivity contribution is 0.128. The Kier molecular flexibility index (Phi) is 13.0. The van der Waals surface area contributed by atoms with Crippen LogP contribution < -0.4 is 10.6 Å². The first-order valence-corrected chi connectivity index (χ1v) is 8.26. The molecule has 24 heavy (non-hydrogen) atoms. The van der Waals surface area contributed by atoms with Gasteiger partial charge in [0.15, 0.2) is 5.96 Å². The molecule has 0 aliphatic carbocycles. The van der Waals surface area contributed by atoms with E-state index >= 15 is 0 Å². The highest BCUT2D eigenvalue weighted by Crippen LogP contribution is 2.17. The zero-order chi connectivity index (χ0) is 17.1. The zero-order valence-corrected chi connectivity index (χ0v) is 17.9. The Morgan fingerprint density at radius 1 is 1.29 bits per heavy atom. The van der Waals surface area contributed by atoms with E-state index in [9.17, 15) is 0 Å². The highest BCUT2D eigenvalue weighted by Gasteiger charge is 2.17. The van der Waals surface area contributed by atoms with E-state index in [1.807, 2.05) is 26.2 Å². The molecule has 1 atom stereocenters. The number of hydrogen-bond acceptors (Lipinski definition) is 4. The number of ether oxygens (including phenoxy) is 1. The number of nitrogens with zero attached hydrogens (tertiary/aromatic N) is 2. The van der Waals surface area contributed by atoms with Crippen molar-refractivity contribution in [1.29, 1.82) is 0 Å². The summed E-state index contributed by atoms with van der Waals surface area (Å²) in [6.07, 6.45) is 2.80. The van der Waals surface area contributed by atoms with Gasteiger partial charge in [-0.1, -0.05) is 13.8 Å². The van der Waals surface area contributed by atoms with Gasteiger partial charge in [0.1, 0.15) is 5.76 Å². The van der Waals surface area contributed by atoms with Crippen molar-refractivity contribution in [3.8, 4) is 0 Å². The number of nitrogens with one attached hydrogen (secondary N) is 2. The number of halogens is 1. The standard InChI is InChI=1S/C17H32N4O2.HI/c1-14(2)8-11-22-12-9-19-17(18-3)20-13-15(21(4)5)16-7-6-10-23-16;/h6-7,10,14-15H,8-9,11-13H2,1-5H3,(H2,18,19,20);1H. The predicted molar refractivity (Wildman–Crippen MR) is 110 cm³/mol. The lowest BCUT2D eigenvalue weighted by atomic mass is 10.1. The van der Waals surface area contributed by atoms with Crippen molar-refractivity contribution in [1.82, 2.24) is 15.5 Å². The Bertz CT molecular complexity index is 436. The van der Waals surface area contributed by atoms with Crippen LogP contribution in [-0.2, 0) is 4.74 Å². The molecule has 6 nitrogen and oxygen atoms in total. The smallest absolute Gasteiger partial charge is 0.191 e. The van der Waals surface area contributed by atoms with E-state index < -0.39 is 0 Å². The van der Waals surface area contributed by atoms with Crippen molar-refractivity contribution < 1.29 is 9.15 Å². The van der Waals surface area contributed by atoms with E-state index in [0.717, 1.165) is 31.3 Å². The van der Waals surface area contributed by atoms with Gasteiger partial charge in [-0.05, 0) is 38.6 Å². The molecule has 0 saturated heterocycles. The van der Waals surface area contributed by atoms with Crippen LogP contribution in [0.15, 0.2) is 27.8 Å². The number of likely N-dealkylation sites (N-methyl/N-ethyl adjacent to an activating group) is 1. The lowest BCUT2D eigenvalue weighted by Crippen LogP contribution is -2.42. The second kappa shape index (κ2) is 13.5. The molecule has 0 fully saturated rings. The number of hydrogen-bond donors (Lipinski definition) is 2. The van der Waals surface area contributed by atoms with E-state index in [2.05, 4.69) is 34.4 Å². The summed E-state index contributed by atoms with van der Waals surface area (Å²) in [6.45, 7) is 7.36. The topological polar surface area (TPSA) is 62.0 Å². The molecule has 1 rings (SSSR count). The van der Waals surface area contributed by atoms with E-state index in [-0.39, 0.29) is 30.0 Å². The number of aliphatic imine (C=N–C) groups is 1. The first kappa shape index (κ1) is 23.2. The van der Waals surface area contributed by atoms with Crippen LogP contribution in [0, 0.1) is 5.92 Å². The van der Waals surface area contributed by atoms with Crippen molar-refractivity contribution in [2.24, 2.45) is 10.9 Å². The van der Waals surface area contributed by atoms with Crippen LogP contribution in [0.1, 0.15) is 32.1 Å².